The maximum atomic E-state index is 11.4. The molecule has 1 unspecified atom stereocenters. The monoisotopic (exact) mass is 323 g/mol. The number of nitrogens with zero attached hydrogens (tertiary/aromatic N) is 4. The van der Waals surface area contributed by atoms with Gasteiger partial charge in [-0.25, -0.2) is 0 Å². The van der Waals surface area contributed by atoms with Crippen molar-refractivity contribution in [2.24, 2.45) is 0 Å². The smallest absolute Gasteiger partial charge is 0.313 e. The second kappa shape index (κ2) is 6.78. The molecule has 1 fully saturated rings. The second-order valence-electron chi connectivity index (χ2n) is 5.68. The fourth-order valence-corrected chi connectivity index (χ4v) is 2.63. The van der Waals surface area contributed by atoms with Gasteiger partial charge < -0.3 is 19.9 Å². The van der Waals surface area contributed by atoms with Crippen molar-refractivity contribution in [3.63, 3.8) is 0 Å². The molecular weight excluding hydrogens is 302 g/mol. The Morgan fingerprint density at radius 2 is 2.26 bits per heavy atom. The van der Waals surface area contributed by atoms with E-state index >= 15 is 0 Å². The Labute approximate surface area is 134 Å². The van der Waals surface area contributed by atoms with Crippen LogP contribution in [0, 0.1) is 10.1 Å². The molecule has 2 heterocycles. The summed E-state index contributed by atoms with van der Waals surface area (Å²) in [5, 5.41) is 13.9. The predicted molar refractivity (Wildman–Crippen MR) is 86.1 cm³/mol. The highest BCUT2D eigenvalue weighted by Gasteiger charge is 2.31. The molecule has 1 aromatic heterocycles. The summed E-state index contributed by atoms with van der Waals surface area (Å²) in [6.45, 7) is 2.66. The minimum atomic E-state index is -0.490. The van der Waals surface area contributed by atoms with Crippen LogP contribution in [0.25, 0.3) is 0 Å². The van der Waals surface area contributed by atoms with Crippen molar-refractivity contribution in [2.45, 2.75) is 19.4 Å². The molecule has 0 radical (unpaired) electrons. The van der Waals surface area contributed by atoms with Crippen molar-refractivity contribution >= 4 is 23.1 Å². The lowest BCUT2D eigenvalue weighted by molar-refractivity contribution is -0.384. The molecule has 1 saturated heterocycles. The molecule has 0 aliphatic carbocycles. The first-order valence-corrected chi connectivity index (χ1v) is 7.26. The maximum absolute atomic E-state index is 11.4. The van der Waals surface area contributed by atoms with Gasteiger partial charge in [-0.2, -0.15) is 4.98 Å². The molecule has 2 rings (SSSR count). The van der Waals surface area contributed by atoms with E-state index in [4.69, 9.17) is 4.74 Å². The van der Waals surface area contributed by atoms with Crippen LogP contribution in [0.15, 0.2) is 6.07 Å². The van der Waals surface area contributed by atoms with Gasteiger partial charge in [0.2, 0.25) is 17.6 Å². The maximum Gasteiger partial charge on any atom is 0.313 e. The zero-order valence-corrected chi connectivity index (χ0v) is 13.7. The SMILES string of the molecule is COc1nc(N2CCC(N(C)C)C2)c([N+](=O)[O-])cc1NC(C)=O. The van der Waals surface area contributed by atoms with E-state index < -0.39 is 4.92 Å². The Morgan fingerprint density at radius 1 is 1.57 bits per heavy atom. The molecule has 0 saturated carbocycles. The molecule has 1 amide bonds. The van der Waals surface area contributed by atoms with Gasteiger partial charge in [0, 0.05) is 32.1 Å². The van der Waals surface area contributed by atoms with Crippen LogP contribution in [0.5, 0.6) is 5.88 Å². The van der Waals surface area contributed by atoms with Crippen molar-refractivity contribution in [3.05, 3.63) is 16.2 Å². The number of hydrogen-bond donors (Lipinski definition) is 1. The molecule has 0 spiro atoms. The third kappa shape index (κ3) is 3.67. The summed E-state index contributed by atoms with van der Waals surface area (Å²) >= 11 is 0. The molecule has 1 aliphatic rings. The van der Waals surface area contributed by atoms with Crippen LogP contribution in [0.2, 0.25) is 0 Å². The van der Waals surface area contributed by atoms with E-state index in [0.29, 0.717) is 19.1 Å². The fraction of sp³-hybridized carbons (Fsp3) is 0.571. The number of rotatable bonds is 5. The van der Waals surface area contributed by atoms with Crippen molar-refractivity contribution < 1.29 is 14.5 Å². The summed E-state index contributed by atoms with van der Waals surface area (Å²) in [5.41, 5.74) is 0.0489. The van der Waals surface area contributed by atoms with E-state index in [0.717, 1.165) is 6.42 Å². The van der Waals surface area contributed by atoms with Gasteiger partial charge in [-0.3, -0.25) is 14.9 Å². The number of nitro groups is 1. The van der Waals surface area contributed by atoms with Crippen LogP contribution in [-0.4, -0.2) is 61.1 Å². The average Bonchev–Trinajstić information content (AvgIpc) is 2.96. The predicted octanol–water partition coefficient (Wildman–Crippen LogP) is 1.10. The van der Waals surface area contributed by atoms with E-state index in [1.807, 2.05) is 19.0 Å². The molecule has 0 bridgehead atoms. The Bertz CT molecular complexity index is 619. The molecule has 9 nitrogen and oxygen atoms in total. The van der Waals surface area contributed by atoms with E-state index in [2.05, 4.69) is 15.2 Å². The van der Waals surface area contributed by atoms with Crippen LogP contribution >= 0.6 is 0 Å². The molecule has 0 aromatic carbocycles. The summed E-state index contributed by atoms with van der Waals surface area (Å²) in [6, 6.07) is 1.61. The minimum Gasteiger partial charge on any atom is -0.479 e. The summed E-state index contributed by atoms with van der Waals surface area (Å²) in [5.74, 6) is 0.0837. The topological polar surface area (TPSA) is 101 Å². The van der Waals surface area contributed by atoms with Crippen molar-refractivity contribution in [2.75, 3.05) is 44.5 Å². The lowest BCUT2D eigenvalue weighted by Gasteiger charge is -2.21. The largest absolute Gasteiger partial charge is 0.479 e. The number of methoxy groups -OCH3 is 1. The van der Waals surface area contributed by atoms with Gasteiger partial charge in [0.05, 0.1) is 12.0 Å². The van der Waals surface area contributed by atoms with Crippen molar-refractivity contribution in [1.82, 2.24) is 9.88 Å². The molecule has 1 aliphatic heterocycles. The Hall–Kier alpha value is -2.42. The molecule has 1 atom stereocenters. The van der Waals surface area contributed by atoms with Gasteiger partial charge in [0.25, 0.3) is 0 Å². The average molecular weight is 323 g/mol. The first-order valence-electron chi connectivity index (χ1n) is 7.26. The Morgan fingerprint density at radius 3 is 2.74 bits per heavy atom. The number of aromatic nitrogens is 1. The van der Waals surface area contributed by atoms with E-state index in [1.165, 1.54) is 20.1 Å². The molecular formula is C14H21N5O4. The molecule has 1 aromatic rings. The van der Waals surface area contributed by atoms with Gasteiger partial charge >= 0.3 is 5.69 Å². The lowest BCUT2D eigenvalue weighted by Crippen LogP contribution is -2.32. The number of pyridine rings is 1. The van der Waals surface area contributed by atoms with Crippen LogP contribution in [0.3, 0.4) is 0 Å². The number of carbonyl (C=O) groups is 1. The summed E-state index contributed by atoms with van der Waals surface area (Å²) in [6.07, 6.45) is 0.904. The normalized spacial score (nSPS) is 17.4. The van der Waals surface area contributed by atoms with Gasteiger partial charge in [0.1, 0.15) is 5.69 Å². The third-order valence-corrected chi connectivity index (χ3v) is 3.84. The number of anilines is 2. The van der Waals surface area contributed by atoms with Crippen LogP contribution in [0.1, 0.15) is 13.3 Å². The van der Waals surface area contributed by atoms with Crippen LogP contribution in [-0.2, 0) is 4.79 Å². The number of hydrogen-bond acceptors (Lipinski definition) is 7. The zero-order valence-electron chi connectivity index (χ0n) is 13.7. The summed E-state index contributed by atoms with van der Waals surface area (Å²) in [7, 11) is 5.38. The van der Waals surface area contributed by atoms with E-state index in [1.54, 1.807) is 0 Å². The van der Waals surface area contributed by atoms with E-state index in [-0.39, 0.29) is 29.0 Å². The highest BCUT2D eigenvalue weighted by molar-refractivity contribution is 5.91. The molecule has 126 valence electrons. The number of likely N-dealkylation sites (N-methyl/N-ethyl adjacent to an activating group) is 1. The quantitative estimate of drug-likeness (QED) is 0.639. The second-order valence-corrected chi connectivity index (χ2v) is 5.68. The van der Waals surface area contributed by atoms with Gasteiger partial charge in [-0.05, 0) is 20.5 Å². The Kier molecular flexibility index (Phi) is 4.99. The van der Waals surface area contributed by atoms with Gasteiger partial charge in [-0.15, -0.1) is 0 Å². The highest BCUT2D eigenvalue weighted by Crippen LogP contribution is 2.36. The lowest BCUT2D eigenvalue weighted by atomic mass is 10.2. The van der Waals surface area contributed by atoms with E-state index in [9.17, 15) is 14.9 Å². The number of nitrogens with one attached hydrogen (secondary N) is 1. The highest BCUT2D eigenvalue weighted by atomic mass is 16.6. The number of amides is 1. The van der Waals surface area contributed by atoms with Crippen molar-refractivity contribution in [3.8, 4) is 5.88 Å². The molecule has 9 heteroatoms. The summed E-state index contributed by atoms with van der Waals surface area (Å²) in [4.78, 5) is 30.4. The van der Waals surface area contributed by atoms with Crippen LogP contribution < -0.4 is 15.0 Å². The Balaban J connectivity index is 2.42. The standard InChI is InChI=1S/C14H21N5O4/c1-9(20)15-11-7-12(19(21)22)13(16-14(11)23-4)18-6-5-10(8-18)17(2)3/h7,10H,5-6,8H2,1-4H3,(H,15,20). The van der Waals surface area contributed by atoms with Gasteiger partial charge in [0.15, 0.2) is 0 Å². The van der Waals surface area contributed by atoms with Crippen molar-refractivity contribution in [1.29, 1.82) is 0 Å². The number of carbonyl (C=O) groups excluding carboxylic acids is 1. The number of ether oxygens (including phenoxy) is 1. The third-order valence-electron chi connectivity index (χ3n) is 3.84. The zero-order chi connectivity index (χ0) is 17.1. The molecule has 23 heavy (non-hydrogen) atoms. The van der Waals surface area contributed by atoms with Crippen LogP contribution in [0.4, 0.5) is 17.2 Å². The molecule has 1 N–H and O–H groups in total. The fourth-order valence-electron chi connectivity index (χ4n) is 2.63. The minimum absolute atomic E-state index is 0.144. The first-order chi connectivity index (χ1) is 10.8. The van der Waals surface area contributed by atoms with Gasteiger partial charge in [-0.1, -0.05) is 0 Å². The first kappa shape index (κ1) is 16.9. The summed E-state index contributed by atoms with van der Waals surface area (Å²) < 4.78 is 5.17.